The Morgan fingerprint density at radius 2 is 1.11 bits per heavy atom. The van der Waals surface area contributed by atoms with Gasteiger partial charge in [-0.25, -0.2) is 17.6 Å². The summed E-state index contributed by atoms with van der Waals surface area (Å²) in [5, 5.41) is 17.7. The smallest absolute Gasteiger partial charge is 0.204 e. The SMILES string of the molecule is Oc1c(F)cc(-c2cc(F)c(O)c(F)c2F)cc1F. The highest BCUT2D eigenvalue weighted by Crippen LogP contribution is 2.34. The Morgan fingerprint density at radius 3 is 1.63 bits per heavy atom. The number of rotatable bonds is 1. The van der Waals surface area contributed by atoms with Gasteiger partial charge in [-0.1, -0.05) is 0 Å². The minimum atomic E-state index is -1.87. The van der Waals surface area contributed by atoms with E-state index in [1.807, 2.05) is 0 Å². The van der Waals surface area contributed by atoms with E-state index in [1.165, 1.54) is 0 Å². The van der Waals surface area contributed by atoms with Gasteiger partial charge in [-0.15, -0.1) is 0 Å². The van der Waals surface area contributed by atoms with Gasteiger partial charge in [0, 0.05) is 5.56 Å². The lowest BCUT2D eigenvalue weighted by molar-refractivity contribution is 0.377. The Balaban J connectivity index is 2.73. The number of phenolic OH excluding ortho intramolecular Hbond substituents is 2. The fraction of sp³-hybridized carbons (Fsp3) is 0. The fourth-order valence-electron chi connectivity index (χ4n) is 1.52. The van der Waals surface area contributed by atoms with Crippen molar-refractivity contribution < 1.29 is 32.2 Å². The van der Waals surface area contributed by atoms with E-state index in [4.69, 9.17) is 10.2 Å². The lowest BCUT2D eigenvalue weighted by atomic mass is 10.0. The molecule has 0 fully saturated rings. The molecule has 0 radical (unpaired) electrons. The second-order valence-electron chi connectivity index (χ2n) is 3.67. The molecule has 0 atom stereocenters. The van der Waals surface area contributed by atoms with Gasteiger partial charge in [0.05, 0.1) is 0 Å². The highest BCUT2D eigenvalue weighted by atomic mass is 19.2. The van der Waals surface area contributed by atoms with Crippen LogP contribution in [0.1, 0.15) is 0 Å². The average molecular weight is 276 g/mol. The van der Waals surface area contributed by atoms with Crippen molar-refractivity contribution >= 4 is 0 Å². The molecule has 2 nitrogen and oxygen atoms in total. The van der Waals surface area contributed by atoms with E-state index in [2.05, 4.69) is 0 Å². The normalized spacial score (nSPS) is 10.8. The van der Waals surface area contributed by atoms with Crippen LogP contribution in [0.4, 0.5) is 22.0 Å². The molecule has 2 rings (SSSR count). The first-order valence-electron chi connectivity index (χ1n) is 4.87. The van der Waals surface area contributed by atoms with Crippen molar-refractivity contribution in [2.45, 2.75) is 0 Å². The molecule has 0 spiro atoms. The topological polar surface area (TPSA) is 40.5 Å². The Labute approximate surface area is 103 Å². The number of aromatic hydroxyl groups is 2. The first kappa shape index (κ1) is 13.1. The third-order valence-corrected chi connectivity index (χ3v) is 2.46. The van der Waals surface area contributed by atoms with Gasteiger partial charge in [0.25, 0.3) is 0 Å². The molecule has 0 amide bonds. The molecule has 0 saturated heterocycles. The lowest BCUT2D eigenvalue weighted by Gasteiger charge is -2.08. The summed E-state index contributed by atoms with van der Waals surface area (Å²) in [6, 6.07) is 1.40. The minimum Gasteiger partial charge on any atom is -0.503 e. The van der Waals surface area contributed by atoms with Crippen LogP contribution in [0.3, 0.4) is 0 Å². The zero-order valence-electron chi connectivity index (χ0n) is 9.02. The first-order valence-corrected chi connectivity index (χ1v) is 4.87. The van der Waals surface area contributed by atoms with E-state index < -0.39 is 51.7 Å². The van der Waals surface area contributed by atoms with Crippen LogP contribution in [0.2, 0.25) is 0 Å². The molecule has 2 N–H and O–H groups in total. The van der Waals surface area contributed by atoms with Crippen LogP contribution in [0.25, 0.3) is 11.1 Å². The van der Waals surface area contributed by atoms with E-state index in [-0.39, 0.29) is 0 Å². The van der Waals surface area contributed by atoms with Crippen molar-refractivity contribution in [3.63, 3.8) is 0 Å². The number of hydrogen-bond donors (Lipinski definition) is 2. The van der Waals surface area contributed by atoms with Crippen molar-refractivity contribution in [3.05, 3.63) is 47.3 Å². The Morgan fingerprint density at radius 1 is 0.632 bits per heavy atom. The molecule has 0 aliphatic carbocycles. The third-order valence-electron chi connectivity index (χ3n) is 2.46. The number of benzene rings is 2. The van der Waals surface area contributed by atoms with Crippen LogP contribution in [0.15, 0.2) is 18.2 Å². The summed E-state index contributed by atoms with van der Waals surface area (Å²) in [4.78, 5) is 0. The maximum absolute atomic E-state index is 13.5. The predicted octanol–water partition coefficient (Wildman–Crippen LogP) is 3.46. The number of phenols is 2. The zero-order valence-corrected chi connectivity index (χ0v) is 9.02. The van der Waals surface area contributed by atoms with Crippen LogP contribution in [0, 0.1) is 29.1 Å². The highest BCUT2D eigenvalue weighted by Gasteiger charge is 2.21. The van der Waals surface area contributed by atoms with Gasteiger partial charge in [-0.05, 0) is 23.8 Å². The monoisotopic (exact) mass is 276 g/mol. The van der Waals surface area contributed by atoms with Gasteiger partial charge in [0.15, 0.2) is 34.8 Å². The summed E-state index contributed by atoms with van der Waals surface area (Å²) < 4.78 is 65.9. The van der Waals surface area contributed by atoms with E-state index in [1.54, 1.807) is 0 Å². The van der Waals surface area contributed by atoms with E-state index in [0.29, 0.717) is 18.2 Å². The maximum atomic E-state index is 13.5. The van der Waals surface area contributed by atoms with Crippen molar-refractivity contribution in [3.8, 4) is 22.6 Å². The Kier molecular flexibility index (Phi) is 3.05. The van der Waals surface area contributed by atoms with Crippen LogP contribution in [0.5, 0.6) is 11.5 Å². The zero-order chi connectivity index (χ0) is 14.3. The van der Waals surface area contributed by atoms with E-state index in [0.717, 1.165) is 0 Å². The molecule has 0 heterocycles. The number of halogens is 5. The first-order chi connectivity index (χ1) is 8.82. The third kappa shape index (κ3) is 2.07. The largest absolute Gasteiger partial charge is 0.503 e. The molecule has 0 aliphatic heterocycles. The summed E-state index contributed by atoms with van der Waals surface area (Å²) in [7, 11) is 0. The molecule has 2 aromatic carbocycles. The molecular formula is C12H5F5O2. The quantitative estimate of drug-likeness (QED) is 0.618. The molecule has 0 aromatic heterocycles. The average Bonchev–Trinajstić information content (AvgIpc) is 2.37. The molecule has 0 unspecified atom stereocenters. The van der Waals surface area contributed by atoms with Gasteiger partial charge in [-0.3, -0.25) is 0 Å². The summed E-state index contributed by atoms with van der Waals surface area (Å²) in [5.74, 6) is -10.7. The van der Waals surface area contributed by atoms with Crippen molar-refractivity contribution in [2.75, 3.05) is 0 Å². The van der Waals surface area contributed by atoms with Crippen LogP contribution in [-0.4, -0.2) is 10.2 Å². The standard InChI is InChI=1S/C12H5F5O2/c13-6-1-4(2-7(14)11(6)18)5-3-8(15)12(19)10(17)9(5)16/h1-3,18-19H. The molecule has 19 heavy (non-hydrogen) atoms. The van der Waals surface area contributed by atoms with Crippen molar-refractivity contribution in [2.24, 2.45) is 0 Å². The predicted molar refractivity (Wildman–Crippen MR) is 55.0 cm³/mol. The highest BCUT2D eigenvalue weighted by molar-refractivity contribution is 5.66. The molecule has 2 aromatic rings. The van der Waals surface area contributed by atoms with E-state index in [9.17, 15) is 22.0 Å². The van der Waals surface area contributed by atoms with Crippen LogP contribution >= 0.6 is 0 Å². The Hall–Kier alpha value is -2.31. The molecule has 0 bridgehead atoms. The van der Waals surface area contributed by atoms with Gasteiger partial charge < -0.3 is 10.2 Å². The summed E-state index contributed by atoms with van der Waals surface area (Å²) in [6.45, 7) is 0. The molecular weight excluding hydrogens is 271 g/mol. The van der Waals surface area contributed by atoms with Crippen molar-refractivity contribution in [1.29, 1.82) is 0 Å². The summed E-state index contributed by atoms with van der Waals surface area (Å²) in [6.07, 6.45) is 0. The van der Waals surface area contributed by atoms with Gasteiger partial charge in [-0.2, -0.15) is 4.39 Å². The fourth-order valence-corrected chi connectivity index (χ4v) is 1.52. The minimum absolute atomic E-state index is 0.388. The summed E-state index contributed by atoms with van der Waals surface area (Å²) in [5.41, 5.74) is -1.31. The number of hydrogen-bond acceptors (Lipinski definition) is 2. The second kappa shape index (κ2) is 4.42. The van der Waals surface area contributed by atoms with Gasteiger partial charge >= 0.3 is 0 Å². The van der Waals surface area contributed by atoms with Crippen LogP contribution < -0.4 is 0 Å². The van der Waals surface area contributed by atoms with Gasteiger partial charge in [0.2, 0.25) is 5.82 Å². The van der Waals surface area contributed by atoms with Crippen molar-refractivity contribution in [1.82, 2.24) is 0 Å². The lowest BCUT2D eigenvalue weighted by Crippen LogP contribution is -1.95. The molecule has 7 heteroatoms. The second-order valence-corrected chi connectivity index (χ2v) is 3.67. The molecule has 0 aliphatic rings. The molecule has 0 saturated carbocycles. The Bertz CT molecular complexity index is 647. The van der Waals surface area contributed by atoms with E-state index >= 15 is 0 Å². The van der Waals surface area contributed by atoms with Crippen LogP contribution in [-0.2, 0) is 0 Å². The van der Waals surface area contributed by atoms with Gasteiger partial charge in [0.1, 0.15) is 0 Å². The summed E-state index contributed by atoms with van der Waals surface area (Å²) >= 11 is 0. The molecule has 100 valence electrons. The maximum Gasteiger partial charge on any atom is 0.204 e.